The molecule has 1 heterocycles. The lowest BCUT2D eigenvalue weighted by atomic mass is 10.1. The molecular formula is C22H28N4O4. The Morgan fingerprint density at radius 1 is 1.03 bits per heavy atom. The van der Waals surface area contributed by atoms with Gasteiger partial charge in [-0.15, -0.1) is 0 Å². The summed E-state index contributed by atoms with van der Waals surface area (Å²) in [5, 5.41) is 9.28. The van der Waals surface area contributed by atoms with Crippen molar-refractivity contribution in [1.82, 2.24) is 16.0 Å². The molecule has 0 aliphatic carbocycles. The Kier molecular flexibility index (Phi) is 7.77. The van der Waals surface area contributed by atoms with E-state index < -0.39 is 0 Å². The Morgan fingerprint density at radius 3 is 2.57 bits per heavy atom. The molecular weight excluding hydrogens is 384 g/mol. The maximum atomic E-state index is 12.1. The number of amides is 1. The van der Waals surface area contributed by atoms with Gasteiger partial charge in [0, 0.05) is 19.6 Å². The van der Waals surface area contributed by atoms with Gasteiger partial charge in [0.1, 0.15) is 12.3 Å². The van der Waals surface area contributed by atoms with E-state index in [0.717, 1.165) is 34.8 Å². The van der Waals surface area contributed by atoms with Gasteiger partial charge in [0.2, 0.25) is 12.7 Å². The van der Waals surface area contributed by atoms with E-state index in [1.54, 1.807) is 7.11 Å². The van der Waals surface area contributed by atoms with Gasteiger partial charge in [-0.2, -0.15) is 0 Å². The molecule has 0 saturated heterocycles. The number of carbonyl (C=O) groups is 1. The third-order valence-electron chi connectivity index (χ3n) is 4.52. The van der Waals surface area contributed by atoms with Crippen LogP contribution in [0.2, 0.25) is 0 Å². The van der Waals surface area contributed by atoms with Crippen LogP contribution in [0, 0.1) is 0 Å². The van der Waals surface area contributed by atoms with Crippen molar-refractivity contribution in [2.24, 2.45) is 4.99 Å². The van der Waals surface area contributed by atoms with E-state index in [0.29, 0.717) is 25.6 Å². The van der Waals surface area contributed by atoms with Crippen molar-refractivity contribution in [3.63, 3.8) is 0 Å². The molecule has 0 bridgehead atoms. The first kappa shape index (κ1) is 21.3. The van der Waals surface area contributed by atoms with Crippen LogP contribution in [-0.4, -0.2) is 45.4 Å². The lowest BCUT2D eigenvalue weighted by Crippen LogP contribution is -2.39. The monoisotopic (exact) mass is 412 g/mol. The molecule has 1 amide bonds. The summed E-state index contributed by atoms with van der Waals surface area (Å²) in [6.07, 6.45) is 0.796. The molecule has 3 rings (SSSR count). The van der Waals surface area contributed by atoms with Crippen LogP contribution >= 0.6 is 0 Å². The van der Waals surface area contributed by atoms with Crippen LogP contribution in [0.3, 0.4) is 0 Å². The number of guanidine groups is 1. The van der Waals surface area contributed by atoms with Crippen molar-refractivity contribution < 1.29 is 19.0 Å². The van der Waals surface area contributed by atoms with Crippen molar-refractivity contribution in [3.05, 3.63) is 53.6 Å². The van der Waals surface area contributed by atoms with Crippen molar-refractivity contribution in [2.45, 2.75) is 19.9 Å². The minimum absolute atomic E-state index is 0.0511. The average molecular weight is 412 g/mol. The van der Waals surface area contributed by atoms with Crippen molar-refractivity contribution in [3.8, 4) is 17.2 Å². The highest BCUT2D eigenvalue weighted by Gasteiger charge is 2.13. The van der Waals surface area contributed by atoms with E-state index in [-0.39, 0.29) is 19.2 Å². The number of hydrogen-bond acceptors (Lipinski definition) is 5. The molecule has 8 heteroatoms. The molecule has 3 N–H and O–H groups in total. The molecule has 160 valence electrons. The maximum Gasteiger partial charge on any atom is 0.242 e. The summed E-state index contributed by atoms with van der Waals surface area (Å²) >= 11 is 0. The van der Waals surface area contributed by atoms with Crippen LogP contribution in [0.25, 0.3) is 0 Å². The van der Waals surface area contributed by atoms with Gasteiger partial charge in [-0.25, -0.2) is 4.99 Å². The largest absolute Gasteiger partial charge is 0.497 e. The lowest BCUT2D eigenvalue weighted by molar-refractivity contribution is -0.119. The van der Waals surface area contributed by atoms with Crippen molar-refractivity contribution in [2.75, 3.05) is 33.5 Å². The molecule has 30 heavy (non-hydrogen) atoms. The van der Waals surface area contributed by atoms with Crippen molar-refractivity contribution >= 4 is 11.9 Å². The SMILES string of the molecule is CCNC(=NCC(=O)NCc1ccc(OC)cc1)NCCc1ccc2c(c1)OCO2. The molecule has 0 fully saturated rings. The normalized spacial score (nSPS) is 12.4. The summed E-state index contributed by atoms with van der Waals surface area (Å²) in [6, 6.07) is 13.5. The molecule has 0 unspecified atom stereocenters. The van der Waals surface area contributed by atoms with Crippen LogP contribution < -0.4 is 30.2 Å². The number of benzene rings is 2. The minimum Gasteiger partial charge on any atom is -0.497 e. The van der Waals surface area contributed by atoms with Gasteiger partial charge in [-0.1, -0.05) is 18.2 Å². The van der Waals surface area contributed by atoms with Gasteiger partial charge >= 0.3 is 0 Å². The maximum absolute atomic E-state index is 12.1. The van der Waals surface area contributed by atoms with Crippen LogP contribution in [-0.2, 0) is 17.8 Å². The predicted molar refractivity (Wildman–Crippen MR) is 115 cm³/mol. The second-order valence-electron chi connectivity index (χ2n) is 6.68. The summed E-state index contributed by atoms with van der Waals surface area (Å²) in [5.74, 6) is 2.82. The van der Waals surface area contributed by atoms with Crippen LogP contribution in [0.1, 0.15) is 18.1 Å². The first-order chi connectivity index (χ1) is 14.7. The van der Waals surface area contributed by atoms with Crippen LogP contribution in [0.4, 0.5) is 0 Å². The molecule has 2 aromatic rings. The Labute approximate surface area is 176 Å². The van der Waals surface area contributed by atoms with Gasteiger partial charge in [0.05, 0.1) is 7.11 Å². The number of hydrogen-bond donors (Lipinski definition) is 3. The Morgan fingerprint density at radius 2 is 1.80 bits per heavy atom. The summed E-state index contributed by atoms with van der Waals surface area (Å²) in [6.45, 7) is 4.15. The van der Waals surface area contributed by atoms with Crippen molar-refractivity contribution in [1.29, 1.82) is 0 Å². The number of ether oxygens (including phenoxy) is 3. The Hall–Kier alpha value is -3.42. The number of aliphatic imine (C=N–C) groups is 1. The Balaban J connectivity index is 1.43. The predicted octanol–water partition coefficient (Wildman–Crippen LogP) is 1.84. The van der Waals surface area contributed by atoms with E-state index in [4.69, 9.17) is 14.2 Å². The highest BCUT2D eigenvalue weighted by Crippen LogP contribution is 2.32. The topological polar surface area (TPSA) is 93.2 Å². The Bertz CT molecular complexity index is 868. The fourth-order valence-corrected chi connectivity index (χ4v) is 2.91. The number of methoxy groups -OCH3 is 1. The average Bonchev–Trinajstić information content (AvgIpc) is 3.24. The summed E-state index contributed by atoms with van der Waals surface area (Å²) in [7, 11) is 1.62. The zero-order valence-corrected chi connectivity index (χ0v) is 17.4. The molecule has 0 atom stereocenters. The number of rotatable bonds is 9. The third kappa shape index (κ3) is 6.30. The van der Waals surface area contributed by atoms with Crippen LogP contribution in [0.15, 0.2) is 47.5 Å². The molecule has 0 spiro atoms. The fraction of sp³-hybridized carbons (Fsp3) is 0.364. The molecule has 0 radical (unpaired) electrons. The van der Waals surface area contributed by atoms with Gasteiger partial charge in [0.15, 0.2) is 17.5 Å². The van der Waals surface area contributed by atoms with E-state index in [2.05, 4.69) is 20.9 Å². The quantitative estimate of drug-likeness (QED) is 0.430. The van der Waals surface area contributed by atoms with Gasteiger partial charge in [0.25, 0.3) is 0 Å². The zero-order chi connectivity index (χ0) is 21.2. The minimum atomic E-state index is -0.140. The molecule has 8 nitrogen and oxygen atoms in total. The first-order valence-corrected chi connectivity index (χ1v) is 9.98. The fourth-order valence-electron chi connectivity index (χ4n) is 2.91. The van der Waals surface area contributed by atoms with E-state index in [9.17, 15) is 4.79 Å². The third-order valence-corrected chi connectivity index (χ3v) is 4.52. The molecule has 1 aliphatic heterocycles. The smallest absolute Gasteiger partial charge is 0.242 e. The van der Waals surface area contributed by atoms with E-state index >= 15 is 0 Å². The number of nitrogens with one attached hydrogen (secondary N) is 3. The summed E-state index contributed by atoms with van der Waals surface area (Å²) in [4.78, 5) is 16.5. The lowest BCUT2D eigenvalue weighted by Gasteiger charge is -2.11. The second kappa shape index (κ2) is 10.9. The zero-order valence-electron chi connectivity index (χ0n) is 17.4. The first-order valence-electron chi connectivity index (χ1n) is 9.98. The highest BCUT2D eigenvalue weighted by atomic mass is 16.7. The number of carbonyl (C=O) groups excluding carboxylic acids is 1. The van der Waals surface area contributed by atoms with Gasteiger partial charge in [-0.05, 0) is 48.7 Å². The molecule has 0 aromatic heterocycles. The number of fused-ring (bicyclic) bond motifs is 1. The van der Waals surface area contributed by atoms with Gasteiger partial charge < -0.3 is 30.2 Å². The van der Waals surface area contributed by atoms with E-state index in [1.807, 2.05) is 49.4 Å². The van der Waals surface area contributed by atoms with E-state index in [1.165, 1.54) is 0 Å². The second-order valence-corrected chi connectivity index (χ2v) is 6.68. The molecule has 0 saturated carbocycles. The molecule has 1 aliphatic rings. The highest BCUT2D eigenvalue weighted by molar-refractivity contribution is 5.84. The molecule has 2 aromatic carbocycles. The summed E-state index contributed by atoms with van der Waals surface area (Å²) < 4.78 is 15.9. The standard InChI is InChI=1S/C22H28N4O4/c1-3-23-22(24-11-10-16-6-9-19-20(12-16)30-15-29-19)26-14-21(27)25-13-17-4-7-18(28-2)8-5-17/h4-9,12H,3,10-11,13-15H2,1-2H3,(H,25,27)(H2,23,24,26). The van der Waals surface area contributed by atoms with Gasteiger partial charge in [-0.3, -0.25) is 4.79 Å². The van der Waals surface area contributed by atoms with Crippen LogP contribution in [0.5, 0.6) is 17.2 Å². The number of nitrogens with zero attached hydrogens (tertiary/aromatic N) is 1. The summed E-state index contributed by atoms with van der Waals surface area (Å²) in [5.41, 5.74) is 2.14.